The minimum atomic E-state index is -5.17. The molecule has 2 N–H and O–H groups in total. The minimum absolute atomic E-state index is 0.173. The maximum atomic E-state index is 12.0. The van der Waals surface area contributed by atoms with Crippen molar-refractivity contribution >= 4 is 0 Å². The summed E-state index contributed by atoms with van der Waals surface area (Å²) in [6, 6.07) is 2.07. The molecule has 0 saturated heterocycles. The summed E-state index contributed by atoms with van der Waals surface area (Å²) >= 11 is 0. The summed E-state index contributed by atoms with van der Waals surface area (Å²) in [6.45, 7) is 1.40. The van der Waals surface area contributed by atoms with Gasteiger partial charge in [-0.2, -0.15) is 13.2 Å². The van der Waals surface area contributed by atoms with Crippen LogP contribution in [0.15, 0.2) is 16.5 Å². The standard InChI is InChI=1S/C7H7F3O3/c1-4-2-3-5(13-4)6(11,12)7(8,9)10/h2-3,11-12H,1H3. The number of aliphatic hydroxyl groups is 2. The molecule has 1 aromatic rings. The first-order valence-electron chi connectivity index (χ1n) is 3.33. The Bertz CT molecular complexity index is 300. The number of hydrogen-bond donors (Lipinski definition) is 2. The minimum Gasteiger partial charge on any atom is -0.460 e. The fourth-order valence-corrected chi connectivity index (χ4v) is 0.762. The van der Waals surface area contributed by atoms with Gasteiger partial charge in [-0.3, -0.25) is 0 Å². The van der Waals surface area contributed by atoms with Gasteiger partial charge in [-0.1, -0.05) is 0 Å². The van der Waals surface area contributed by atoms with E-state index < -0.39 is 17.7 Å². The van der Waals surface area contributed by atoms with Gasteiger partial charge in [-0.05, 0) is 19.1 Å². The highest BCUT2D eigenvalue weighted by Gasteiger charge is 2.56. The van der Waals surface area contributed by atoms with Gasteiger partial charge in [0.25, 0.3) is 0 Å². The number of halogens is 3. The monoisotopic (exact) mass is 196 g/mol. The van der Waals surface area contributed by atoms with E-state index in [1.807, 2.05) is 0 Å². The molecule has 6 heteroatoms. The summed E-state index contributed by atoms with van der Waals surface area (Å²) in [6.07, 6.45) is -5.17. The highest BCUT2D eigenvalue weighted by Crippen LogP contribution is 2.36. The fraction of sp³-hybridized carbons (Fsp3) is 0.429. The quantitative estimate of drug-likeness (QED) is 0.665. The number of furan rings is 1. The molecule has 74 valence electrons. The normalized spacial score (nSPS) is 13.4. The maximum absolute atomic E-state index is 12.0. The highest BCUT2D eigenvalue weighted by molar-refractivity contribution is 5.12. The number of alkyl halides is 3. The van der Waals surface area contributed by atoms with E-state index in [-0.39, 0.29) is 5.76 Å². The van der Waals surface area contributed by atoms with Gasteiger partial charge in [-0.15, -0.1) is 0 Å². The highest BCUT2D eigenvalue weighted by atomic mass is 19.4. The van der Waals surface area contributed by atoms with Crippen LogP contribution >= 0.6 is 0 Å². The van der Waals surface area contributed by atoms with E-state index in [1.54, 1.807) is 0 Å². The van der Waals surface area contributed by atoms with E-state index in [9.17, 15) is 13.2 Å². The van der Waals surface area contributed by atoms with E-state index in [4.69, 9.17) is 10.2 Å². The fourth-order valence-electron chi connectivity index (χ4n) is 0.762. The zero-order chi connectivity index (χ0) is 10.3. The van der Waals surface area contributed by atoms with Crippen molar-refractivity contribution in [3.63, 3.8) is 0 Å². The van der Waals surface area contributed by atoms with Gasteiger partial charge in [0.05, 0.1) is 0 Å². The molecule has 0 aliphatic carbocycles. The third-order valence-corrected chi connectivity index (χ3v) is 1.48. The van der Waals surface area contributed by atoms with Gasteiger partial charge < -0.3 is 14.6 Å². The third kappa shape index (κ3) is 1.68. The van der Waals surface area contributed by atoms with Crippen molar-refractivity contribution in [1.29, 1.82) is 0 Å². The Balaban J connectivity index is 3.07. The van der Waals surface area contributed by atoms with Crippen LogP contribution in [0.1, 0.15) is 11.5 Å². The average molecular weight is 196 g/mol. The molecular weight excluding hydrogens is 189 g/mol. The second kappa shape index (κ2) is 2.74. The Hall–Kier alpha value is -1.01. The molecule has 1 rings (SSSR count). The SMILES string of the molecule is Cc1ccc(C(O)(O)C(F)(F)F)o1. The Labute approximate surface area is 71.4 Å². The molecular formula is C7H7F3O3. The van der Waals surface area contributed by atoms with Crippen molar-refractivity contribution < 1.29 is 27.8 Å². The summed E-state index contributed by atoms with van der Waals surface area (Å²) in [4.78, 5) is 0. The first-order chi connectivity index (χ1) is 5.75. The molecule has 0 aliphatic heterocycles. The van der Waals surface area contributed by atoms with E-state index in [0.717, 1.165) is 6.07 Å². The van der Waals surface area contributed by atoms with Crippen molar-refractivity contribution in [3.05, 3.63) is 23.7 Å². The molecule has 0 radical (unpaired) electrons. The number of aryl methyl sites for hydroxylation is 1. The lowest BCUT2D eigenvalue weighted by Gasteiger charge is -2.21. The van der Waals surface area contributed by atoms with Crippen LogP contribution in [0.5, 0.6) is 0 Å². The smallest absolute Gasteiger partial charge is 0.451 e. The Morgan fingerprint density at radius 1 is 1.23 bits per heavy atom. The van der Waals surface area contributed by atoms with Gasteiger partial charge in [0, 0.05) is 0 Å². The van der Waals surface area contributed by atoms with Crippen LogP contribution in [0.3, 0.4) is 0 Å². The van der Waals surface area contributed by atoms with E-state index in [0.29, 0.717) is 0 Å². The van der Waals surface area contributed by atoms with Crippen molar-refractivity contribution in [2.75, 3.05) is 0 Å². The van der Waals surface area contributed by atoms with Crippen LogP contribution in [0.2, 0.25) is 0 Å². The maximum Gasteiger partial charge on any atom is 0.451 e. The molecule has 0 saturated carbocycles. The Morgan fingerprint density at radius 3 is 2.08 bits per heavy atom. The molecule has 1 heterocycles. The second-order valence-corrected chi connectivity index (χ2v) is 2.58. The van der Waals surface area contributed by atoms with E-state index >= 15 is 0 Å². The molecule has 0 aromatic carbocycles. The molecule has 0 spiro atoms. The first-order valence-corrected chi connectivity index (χ1v) is 3.33. The summed E-state index contributed by atoms with van der Waals surface area (Å²) in [5, 5.41) is 17.3. The summed E-state index contributed by atoms with van der Waals surface area (Å²) in [5.41, 5.74) is 0. The summed E-state index contributed by atoms with van der Waals surface area (Å²) in [5.74, 6) is -4.68. The number of hydrogen-bond acceptors (Lipinski definition) is 3. The molecule has 0 amide bonds. The largest absolute Gasteiger partial charge is 0.460 e. The van der Waals surface area contributed by atoms with E-state index in [2.05, 4.69) is 4.42 Å². The molecule has 0 atom stereocenters. The zero-order valence-electron chi connectivity index (χ0n) is 6.59. The molecule has 0 unspecified atom stereocenters. The van der Waals surface area contributed by atoms with Crippen molar-refractivity contribution in [1.82, 2.24) is 0 Å². The molecule has 0 fully saturated rings. The van der Waals surface area contributed by atoms with Gasteiger partial charge in [0.1, 0.15) is 5.76 Å². The lowest BCUT2D eigenvalue weighted by molar-refractivity contribution is -0.364. The van der Waals surface area contributed by atoms with Gasteiger partial charge in [-0.25, -0.2) is 0 Å². The Morgan fingerprint density at radius 2 is 1.77 bits per heavy atom. The predicted molar refractivity (Wildman–Crippen MR) is 35.6 cm³/mol. The van der Waals surface area contributed by atoms with Crippen molar-refractivity contribution in [3.8, 4) is 0 Å². The topological polar surface area (TPSA) is 53.6 Å². The summed E-state index contributed by atoms with van der Waals surface area (Å²) in [7, 11) is 0. The van der Waals surface area contributed by atoms with Gasteiger partial charge in [0.15, 0.2) is 5.76 Å². The second-order valence-electron chi connectivity index (χ2n) is 2.58. The predicted octanol–water partition coefficient (Wildman–Crippen LogP) is 1.29. The van der Waals surface area contributed by atoms with Gasteiger partial charge in [0.2, 0.25) is 0 Å². The van der Waals surface area contributed by atoms with Crippen molar-refractivity contribution in [2.24, 2.45) is 0 Å². The molecule has 13 heavy (non-hydrogen) atoms. The molecule has 0 bridgehead atoms. The van der Waals surface area contributed by atoms with Crippen LogP contribution in [-0.4, -0.2) is 16.4 Å². The zero-order valence-corrected chi connectivity index (χ0v) is 6.59. The first kappa shape index (κ1) is 10.1. The van der Waals surface area contributed by atoms with Crippen LogP contribution < -0.4 is 0 Å². The molecule has 3 nitrogen and oxygen atoms in total. The molecule has 1 aromatic heterocycles. The number of rotatable bonds is 1. The summed E-state index contributed by atoms with van der Waals surface area (Å²) < 4.78 is 40.4. The van der Waals surface area contributed by atoms with Crippen LogP contribution in [0.25, 0.3) is 0 Å². The van der Waals surface area contributed by atoms with Crippen LogP contribution in [0.4, 0.5) is 13.2 Å². The average Bonchev–Trinajstić information content (AvgIpc) is 2.33. The lowest BCUT2D eigenvalue weighted by Crippen LogP contribution is -2.41. The lowest BCUT2D eigenvalue weighted by atomic mass is 10.2. The van der Waals surface area contributed by atoms with E-state index in [1.165, 1.54) is 13.0 Å². The van der Waals surface area contributed by atoms with Crippen molar-refractivity contribution in [2.45, 2.75) is 18.9 Å². The third-order valence-electron chi connectivity index (χ3n) is 1.48. The van der Waals surface area contributed by atoms with Crippen LogP contribution in [0, 0.1) is 6.92 Å². The Kier molecular flexibility index (Phi) is 2.13. The molecule has 0 aliphatic rings. The van der Waals surface area contributed by atoms with Crippen LogP contribution in [-0.2, 0) is 5.79 Å². The van der Waals surface area contributed by atoms with Gasteiger partial charge >= 0.3 is 12.0 Å².